The van der Waals surface area contributed by atoms with E-state index in [4.69, 9.17) is 0 Å². The third-order valence-corrected chi connectivity index (χ3v) is 6.60. The highest BCUT2D eigenvalue weighted by atomic mass is 19.4. The van der Waals surface area contributed by atoms with Gasteiger partial charge in [-0.25, -0.2) is 0 Å². The van der Waals surface area contributed by atoms with Gasteiger partial charge in [0, 0.05) is 31.5 Å². The molecule has 198 valence electrons. The molecule has 3 N–H and O–H groups in total. The summed E-state index contributed by atoms with van der Waals surface area (Å²) in [6, 6.07) is 9.92. The molecule has 0 spiro atoms. The van der Waals surface area contributed by atoms with E-state index in [1.807, 2.05) is 36.0 Å². The van der Waals surface area contributed by atoms with Crippen LogP contribution in [0.3, 0.4) is 0 Å². The largest absolute Gasteiger partial charge is 0.416 e. The Morgan fingerprint density at radius 2 is 1.78 bits per heavy atom. The number of carbonyl (C=O) groups is 1. The van der Waals surface area contributed by atoms with Gasteiger partial charge in [-0.3, -0.25) is 4.79 Å². The molecule has 0 saturated heterocycles. The minimum absolute atomic E-state index is 0.140. The van der Waals surface area contributed by atoms with Crippen LogP contribution in [-0.2, 0) is 17.5 Å². The number of halogens is 3. The van der Waals surface area contributed by atoms with Crippen molar-refractivity contribution >= 4 is 17.7 Å². The average Bonchev–Trinajstić information content (AvgIpc) is 3.43. The summed E-state index contributed by atoms with van der Waals surface area (Å²) in [5, 5.41) is 9.37. The summed E-state index contributed by atoms with van der Waals surface area (Å²) in [6.45, 7) is 2.74. The zero-order chi connectivity index (χ0) is 26.3. The third-order valence-electron chi connectivity index (χ3n) is 6.60. The Labute approximate surface area is 214 Å². The molecule has 1 aromatic carbocycles. The standard InChI is InChI=1S/C27H33F3N6O/c1-2-31-26-34-23(17-24(35-26)36-14-6-7-15-36)33-22(16-19-8-4-3-5-9-19)25(37)32-18-20-10-12-21(13-11-20)27(28,29)30/h6-7,10-15,17,19,22H,2-5,8-9,16,18H2,1H3,(H,32,37)(H2,31,33,34,35). The molecule has 1 aliphatic carbocycles. The summed E-state index contributed by atoms with van der Waals surface area (Å²) < 4.78 is 40.5. The molecule has 10 heteroatoms. The van der Waals surface area contributed by atoms with Crippen LogP contribution in [-0.4, -0.2) is 33.0 Å². The fourth-order valence-electron chi connectivity index (χ4n) is 4.66. The van der Waals surface area contributed by atoms with E-state index in [0.717, 1.165) is 37.8 Å². The van der Waals surface area contributed by atoms with E-state index < -0.39 is 17.8 Å². The number of nitrogens with one attached hydrogen (secondary N) is 3. The molecule has 0 bridgehead atoms. The van der Waals surface area contributed by atoms with Gasteiger partial charge in [-0.05, 0) is 49.1 Å². The monoisotopic (exact) mass is 514 g/mol. The van der Waals surface area contributed by atoms with Gasteiger partial charge in [-0.1, -0.05) is 44.2 Å². The Kier molecular flexibility index (Phi) is 8.68. The average molecular weight is 515 g/mol. The second-order valence-corrected chi connectivity index (χ2v) is 9.40. The Morgan fingerprint density at radius 3 is 2.43 bits per heavy atom. The smallest absolute Gasteiger partial charge is 0.358 e. The lowest BCUT2D eigenvalue weighted by Crippen LogP contribution is -2.41. The lowest BCUT2D eigenvalue weighted by Gasteiger charge is -2.27. The van der Waals surface area contributed by atoms with Crippen LogP contribution in [0, 0.1) is 5.92 Å². The maximum atomic E-state index is 13.3. The van der Waals surface area contributed by atoms with Gasteiger partial charge in [0.2, 0.25) is 11.9 Å². The van der Waals surface area contributed by atoms with Crippen LogP contribution >= 0.6 is 0 Å². The number of carbonyl (C=O) groups excluding carboxylic acids is 1. The van der Waals surface area contributed by atoms with Gasteiger partial charge >= 0.3 is 6.18 Å². The highest BCUT2D eigenvalue weighted by Gasteiger charge is 2.30. The predicted molar refractivity (Wildman–Crippen MR) is 137 cm³/mol. The van der Waals surface area contributed by atoms with E-state index in [1.54, 1.807) is 6.07 Å². The van der Waals surface area contributed by atoms with Gasteiger partial charge in [-0.15, -0.1) is 0 Å². The number of rotatable bonds is 10. The Bertz CT molecular complexity index is 1140. The number of amides is 1. The molecule has 1 amide bonds. The molecule has 7 nitrogen and oxygen atoms in total. The van der Waals surface area contributed by atoms with E-state index in [-0.39, 0.29) is 12.5 Å². The summed E-state index contributed by atoms with van der Waals surface area (Å²) in [6.07, 6.45) is 5.71. The SMILES string of the molecule is CCNc1nc(NC(CC2CCCCC2)C(=O)NCc2ccc(C(F)(F)F)cc2)cc(-n2cccc2)n1. The van der Waals surface area contributed by atoms with Crippen molar-refractivity contribution in [1.29, 1.82) is 0 Å². The topological polar surface area (TPSA) is 83.9 Å². The number of aromatic nitrogens is 3. The van der Waals surface area contributed by atoms with E-state index in [2.05, 4.69) is 25.9 Å². The molecule has 2 heterocycles. The van der Waals surface area contributed by atoms with Crippen LogP contribution in [0.2, 0.25) is 0 Å². The van der Waals surface area contributed by atoms with Crippen molar-refractivity contribution in [2.45, 2.75) is 64.2 Å². The summed E-state index contributed by atoms with van der Waals surface area (Å²) in [7, 11) is 0. The second kappa shape index (κ2) is 12.1. The first-order chi connectivity index (χ1) is 17.8. The van der Waals surface area contributed by atoms with E-state index in [9.17, 15) is 18.0 Å². The first-order valence-electron chi connectivity index (χ1n) is 12.8. The third kappa shape index (κ3) is 7.47. The molecule has 1 aliphatic rings. The number of hydrogen-bond acceptors (Lipinski definition) is 5. The van der Waals surface area contributed by atoms with E-state index in [1.165, 1.54) is 18.6 Å². The molecular weight excluding hydrogens is 481 g/mol. The van der Waals surface area contributed by atoms with Crippen molar-refractivity contribution in [3.63, 3.8) is 0 Å². The van der Waals surface area contributed by atoms with Crippen molar-refractivity contribution in [2.24, 2.45) is 5.92 Å². The number of nitrogens with zero attached hydrogens (tertiary/aromatic N) is 3. The number of alkyl halides is 3. The molecule has 1 unspecified atom stereocenters. The zero-order valence-corrected chi connectivity index (χ0v) is 20.9. The summed E-state index contributed by atoms with van der Waals surface area (Å²) >= 11 is 0. The first kappa shape index (κ1) is 26.5. The molecule has 4 rings (SSSR count). The lowest BCUT2D eigenvalue weighted by atomic mass is 9.84. The highest BCUT2D eigenvalue weighted by Crippen LogP contribution is 2.30. The van der Waals surface area contributed by atoms with Crippen LogP contribution in [0.25, 0.3) is 5.82 Å². The fourth-order valence-corrected chi connectivity index (χ4v) is 4.66. The molecule has 2 aromatic heterocycles. The maximum absolute atomic E-state index is 13.3. The summed E-state index contributed by atoms with van der Waals surface area (Å²) in [5.74, 6) is 1.86. The van der Waals surface area contributed by atoms with Gasteiger partial charge in [0.05, 0.1) is 5.56 Å². The van der Waals surface area contributed by atoms with Crippen molar-refractivity contribution in [3.8, 4) is 5.82 Å². The highest BCUT2D eigenvalue weighted by molar-refractivity contribution is 5.84. The van der Waals surface area contributed by atoms with Crippen molar-refractivity contribution in [1.82, 2.24) is 19.9 Å². The maximum Gasteiger partial charge on any atom is 0.416 e. The summed E-state index contributed by atoms with van der Waals surface area (Å²) in [4.78, 5) is 22.4. The molecule has 1 atom stereocenters. The summed E-state index contributed by atoms with van der Waals surface area (Å²) in [5.41, 5.74) is -0.109. The second-order valence-electron chi connectivity index (χ2n) is 9.40. The number of anilines is 2. The van der Waals surface area contributed by atoms with Crippen LogP contribution in [0.1, 0.15) is 56.6 Å². The molecule has 3 aromatic rings. The Balaban J connectivity index is 1.51. The van der Waals surface area contributed by atoms with Gasteiger partial charge < -0.3 is 20.5 Å². The van der Waals surface area contributed by atoms with Crippen LogP contribution < -0.4 is 16.0 Å². The van der Waals surface area contributed by atoms with Gasteiger partial charge in [0.25, 0.3) is 0 Å². The molecular formula is C27H33F3N6O. The van der Waals surface area contributed by atoms with Crippen LogP contribution in [0.4, 0.5) is 24.9 Å². The van der Waals surface area contributed by atoms with Crippen molar-refractivity contribution in [2.75, 3.05) is 17.2 Å². The zero-order valence-electron chi connectivity index (χ0n) is 20.9. The van der Waals surface area contributed by atoms with Gasteiger partial charge in [0.15, 0.2) is 0 Å². The minimum Gasteiger partial charge on any atom is -0.358 e. The van der Waals surface area contributed by atoms with Crippen molar-refractivity contribution in [3.05, 3.63) is 66.0 Å². The molecule has 37 heavy (non-hydrogen) atoms. The predicted octanol–water partition coefficient (Wildman–Crippen LogP) is 5.79. The van der Waals surface area contributed by atoms with E-state index >= 15 is 0 Å². The number of hydrogen-bond donors (Lipinski definition) is 3. The Hall–Kier alpha value is -3.56. The lowest BCUT2D eigenvalue weighted by molar-refractivity contribution is -0.137. The quantitative estimate of drug-likeness (QED) is 0.319. The van der Waals surface area contributed by atoms with Crippen molar-refractivity contribution < 1.29 is 18.0 Å². The normalized spacial score (nSPS) is 15.2. The molecule has 1 fully saturated rings. The molecule has 1 saturated carbocycles. The Morgan fingerprint density at radius 1 is 1.08 bits per heavy atom. The molecule has 0 aliphatic heterocycles. The molecule has 0 radical (unpaired) electrons. The fraction of sp³-hybridized carbons (Fsp3) is 0.444. The first-order valence-corrected chi connectivity index (χ1v) is 12.8. The van der Waals surface area contributed by atoms with Crippen LogP contribution in [0.15, 0.2) is 54.9 Å². The van der Waals surface area contributed by atoms with Crippen LogP contribution in [0.5, 0.6) is 0 Å². The van der Waals surface area contributed by atoms with Gasteiger partial charge in [-0.2, -0.15) is 23.1 Å². The minimum atomic E-state index is -4.39. The van der Waals surface area contributed by atoms with Gasteiger partial charge in [0.1, 0.15) is 17.7 Å². The van der Waals surface area contributed by atoms with E-state index in [0.29, 0.717) is 42.0 Å². The number of benzene rings is 1.